The molecule has 1 heteroatoms. The summed E-state index contributed by atoms with van der Waals surface area (Å²) in [6.45, 7) is 19.5. The topological polar surface area (TPSA) is 12.0 Å². The Hall–Kier alpha value is -1.76. The lowest BCUT2D eigenvalue weighted by atomic mass is 9.88. The second-order valence-electron chi connectivity index (χ2n) is 8.66. The van der Waals surface area contributed by atoms with Crippen LogP contribution >= 0.6 is 0 Å². The predicted molar refractivity (Wildman–Crippen MR) is 116 cm³/mol. The number of hydrogen-bond donors (Lipinski definition) is 1. The maximum atomic E-state index is 4.26. The molecule has 2 aliphatic carbocycles. The molecule has 0 bridgehead atoms. The summed E-state index contributed by atoms with van der Waals surface area (Å²) in [5.74, 6) is 2.94. The van der Waals surface area contributed by atoms with Gasteiger partial charge in [-0.2, -0.15) is 0 Å². The molecule has 26 heavy (non-hydrogen) atoms. The first-order valence-electron chi connectivity index (χ1n) is 10.1. The fourth-order valence-corrected chi connectivity index (χ4v) is 3.73. The second-order valence-corrected chi connectivity index (χ2v) is 8.66. The normalized spacial score (nSPS) is 26.3. The van der Waals surface area contributed by atoms with E-state index in [9.17, 15) is 0 Å². The van der Waals surface area contributed by atoms with Gasteiger partial charge in [-0.3, -0.25) is 0 Å². The highest BCUT2D eigenvalue weighted by molar-refractivity contribution is 5.36. The van der Waals surface area contributed by atoms with Crippen molar-refractivity contribution in [3.63, 3.8) is 0 Å². The van der Waals surface area contributed by atoms with Crippen molar-refractivity contribution in [2.75, 3.05) is 0 Å². The van der Waals surface area contributed by atoms with Crippen LogP contribution in [0.2, 0.25) is 0 Å². The van der Waals surface area contributed by atoms with Crippen LogP contribution in [0.4, 0.5) is 0 Å². The van der Waals surface area contributed by atoms with E-state index in [4.69, 9.17) is 0 Å². The fraction of sp³-hybridized carbons (Fsp3) is 0.520. The van der Waals surface area contributed by atoms with Gasteiger partial charge < -0.3 is 5.32 Å². The van der Waals surface area contributed by atoms with Crippen LogP contribution in [0.3, 0.4) is 0 Å². The maximum absolute atomic E-state index is 4.26. The Kier molecular flexibility index (Phi) is 7.32. The zero-order chi connectivity index (χ0) is 19.3. The smallest absolute Gasteiger partial charge is 0.0117 e. The van der Waals surface area contributed by atoms with Crippen molar-refractivity contribution in [2.24, 2.45) is 23.7 Å². The quantitative estimate of drug-likeness (QED) is 0.437. The fourth-order valence-electron chi connectivity index (χ4n) is 3.73. The van der Waals surface area contributed by atoms with Crippen LogP contribution in [0, 0.1) is 23.7 Å². The van der Waals surface area contributed by atoms with Gasteiger partial charge in [-0.1, -0.05) is 63.8 Å². The largest absolute Gasteiger partial charge is 0.363 e. The van der Waals surface area contributed by atoms with Crippen molar-refractivity contribution in [1.29, 1.82) is 0 Å². The molecular formula is C25H37N. The summed E-state index contributed by atoms with van der Waals surface area (Å²) in [5.41, 5.74) is 6.48. The number of hydrogen-bond acceptors (Lipinski definition) is 1. The molecule has 0 spiro atoms. The van der Waals surface area contributed by atoms with E-state index in [2.05, 4.69) is 77.4 Å². The van der Waals surface area contributed by atoms with Crippen LogP contribution in [0.1, 0.15) is 60.3 Å². The summed E-state index contributed by atoms with van der Waals surface area (Å²) in [7, 11) is 0. The van der Waals surface area contributed by atoms with Gasteiger partial charge in [0.1, 0.15) is 0 Å². The van der Waals surface area contributed by atoms with E-state index in [0.717, 1.165) is 30.4 Å². The van der Waals surface area contributed by atoms with Crippen molar-refractivity contribution >= 4 is 0 Å². The third kappa shape index (κ3) is 6.20. The lowest BCUT2D eigenvalue weighted by Crippen LogP contribution is -2.12. The van der Waals surface area contributed by atoms with Gasteiger partial charge in [0, 0.05) is 17.3 Å². The summed E-state index contributed by atoms with van der Waals surface area (Å²) >= 11 is 0. The number of allylic oxidation sites excluding steroid dienone is 10. The molecule has 1 nitrogen and oxygen atoms in total. The highest BCUT2D eigenvalue weighted by atomic mass is 14.9. The number of nitrogens with one attached hydrogen (secondary N) is 1. The minimum Gasteiger partial charge on any atom is -0.363 e. The third-order valence-corrected chi connectivity index (χ3v) is 5.64. The summed E-state index contributed by atoms with van der Waals surface area (Å²) in [4.78, 5) is 0. The van der Waals surface area contributed by atoms with E-state index >= 15 is 0 Å². The highest BCUT2D eigenvalue weighted by Crippen LogP contribution is 2.46. The molecule has 0 aromatic rings. The molecule has 0 aromatic carbocycles. The second kappa shape index (κ2) is 9.26. The molecule has 0 saturated heterocycles. The van der Waals surface area contributed by atoms with Gasteiger partial charge in [-0.15, -0.1) is 0 Å². The Labute approximate surface area is 161 Å². The van der Waals surface area contributed by atoms with Crippen molar-refractivity contribution in [2.45, 2.75) is 60.3 Å². The van der Waals surface area contributed by atoms with Crippen LogP contribution in [0.25, 0.3) is 0 Å². The first kappa shape index (κ1) is 20.6. The lowest BCUT2D eigenvalue weighted by Gasteiger charge is -2.17. The van der Waals surface area contributed by atoms with E-state index in [0.29, 0.717) is 11.8 Å². The summed E-state index contributed by atoms with van der Waals surface area (Å²) in [6.07, 6.45) is 15.7. The zero-order valence-corrected chi connectivity index (χ0v) is 17.4. The van der Waals surface area contributed by atoms with Crippen LogP contribution in [0.15, 0.2) is 71.7 Å². The van der Waals surface area contributed by atoms with Gasteiger partial charge in [0.2, 0.25) is 0 Å². The van der Waals surface area contributed by atoms with Gasteiger partial charge in [0.05, 0.1) is 0 Å². The molecule has 0 amide bonds. The Morgan fingerprint density at radius 3 is 2.69 bits per heavy atom. The zero-order valence-electron chi connectivity index (χ0n) is 17.4. The maximum Gasteiger partial charge on any atom is 0.0117 e. The van der Waals surface area contributed by atoms with E-state index in [-0.39, 0.29) is 0 Å². The van der Waals surface area contributed by atoms with E-state index in [1.165, 1.54) is 35.3 Å². The first-order valence-corrected chi connectivity index (χ1v) is 10.1. The summed E-state index contributed by atoms with van der Waals surface area (Å²) < 4.78 is 0. The standard InChI is InChI=1S/C25H37N/c1-8-22(15-23-11-9-18(4)19(5)14-23)12-10-20(6)26-21(7)25-16-24(25)13-17(2)3/h8,10-12,14,17-18,24-26H,1,7,9,13,15-16H2,2-6H3/b20-10+,22-12+. The molecule has 3 unspecified atom stereocenters. The minimum atomic E-state index is 0.658. The predicted octanol–water partition coefficient (Wildman–Crippen LogP) is 7.09. The molecule has 2 aliphatic rings. The molecule has 1 N–H and O–H groups in total. The van der Waals surface area contributed by atoms with Crippen molar-refractivity contribution in [3.05, 3.63) is 71.7 Å². The van der Waals surface area contributed by atoms with Crippen LogP contribution < -0.4 is 5.32 Å². The average Bonchev–Trinajstić information content (AvgIpc) is 3.33. The summed E-state index contributed by atoms with van der Waals surface area (Å²) in [6, 6.07) is 0. The van der Waals surface area contributed by atoms with E-state index in [1.807, 2.05) is 6.08 Å². The van der Waals surface area contributed by atoms with Gasteiger partial charge >= 0.3 is 0 Å². The van der Waals surface area contributed by atoms with Crippen molar-refractivity contribution < 1.29 is 0 Å². The monoisotopic (exact) mass is 351 g/mol. The Morgan fingerprint density at radius 2 is 2.08 bits per heavy atom. The highest BCUT2D eigenvalue weighted by Gasteiger charge is 2.39. The van der Waals surface area contributed by atoms with Crippen LogP contribution in [0.5, 0.6) is 0 Å². The Bertz CT molecular complexity index is 654. The summed E-state index contributed by atoms with van der Waals surface area (Å²) in [5, 5.41) is 3.50. The van der Waals surface area contributed by atoms with Crippen LogP contribution in [-0.4, -0.2) is 0 Å². The SMILES string of the molecule is C=C/C(=C\C=C(/C)NC(=C)C1CC1CC(C)C)CC1=CCC(C)C(C)=C1. The Balaban J connectivity index is 1.89. The van der Waals surface area contributed by atoms with E-state index < -0.39 is 0 Å². The molecular weight excluding hydrogens is 314 g/mol. The van der Waals surface area contributed by atoms with Gasteiger partial charge in [-0.05, 0) is 74.5 Å². The van der Waals surface area contributed by atoms with Crippen molar-refractivity contribution in [1.82, 2.24) is 5.32 Å². The Morgan fingerprint density at radius 1 is 1.35 bits per heavy atom. The van der Waals surface area contributed by atoms with Crippen molar-refractivity contribution in [3.8, 4) is 0 Å². The first-order chi connectivity index (χ1) is 12.3. The van der Waals surface area contributed by atoms with E-state index in [1.54, 1.807) is 0 Å². The molecule has 1 saturated carbocycles. The van der Waals surface area contributed by atoms with Gasteiger partial charge in [-0.25, -0.2) is 0 Å². The molecule has 2 rings (SSSR count). The number of rotatable bonds is 9. The molecule has 0 aromatic heterocycles. The lowest BCUT2D eigenvalue weighted by molar-refractivity contribution is 0.521. The molecule has 1 fully saturated rings. The van der Waals surface area contributed by atoms with Crippen LogP contribution in [-0.2, 0) is 0 Å². The molecule has 0 aliphatic heterocycles. The molecule has 0 radical (unpaired) electrons. The third-order valence-electron chi connectivity index (χ3n) is 5.64. The molecule has 0 heterocycles. The molecule has 3 atom stereocenters. The minimum absolute atomic E-state index is 0.658. The average molecular weight is 352 g/mol. The van der Waals surface area contributed by atoms with Gasteiger partial charge in [0.15, 0.2) is 0 Å². The van der Waals surface area contributed by atoms with Gasteiger partial charge in [0.25, 0.3) is 0 Å². The molecule has 142 valence electrons.